The fourth-order valence-corrected chi connectivity index (χ4v) is 4.60. The van der Waals surface area contributed by atoms with Crippen LogP contribution in [0.25, 0.3) is 0 Å². The van der Waals surface area contributed by atoms with E-state index in [9.17, 15) is 0 Å². The first-order valence-corrected chi connectivity index (χ1v) is 8.19. The number of hydrogen-bond acceptors (Lipinski definition) is 3. The van der Waals surface area contributed by atoms with Gasteiger partial charge in [0.15, 0.2) is 0 Å². The number of benzene rings is 1. The SMILES string of the molecule is Clc1ccc2c(c1)C[C@@H]1C[C@@H](c3ccc(Br)s3)N2O1. The zero-order chi connectivity index (χ0) is 13.0. The summed E-state index contributed by atoms with van der Waals surface area (Å²) in [5.41, 5.74) is 2.45. The molecule has 19 heavy (non-hydrogen) atoms. The number of hydroxylamine groups is 1. The summed E-state index contributed by atoms with van der Waals surface area (Å²) in [5.74, 6) is 0. The Morgan fingerprint density at radius 1 is 1.32 bits per heavy atom. The third-order valence-electron chi connectivity index (χ3n) is 3.68. The molecule has 1 aromatic carbocycles. The molecule has 2 aliphatic heterocycles. The molecule has 4 rings (SSSR count). The van der Waals surface area contributed by atoms with E-state index in [-0.39, 0.29) is 6.10 Å². The molecule has 98 valence electrons. The first-order chi connectivity index (χ1) is 9.20. The van der Waals surface area contributed by atoms with Crippen LogP contribution < -0.4 is 5.06 Å². The van der Waals surface area contributed by atoms with Crippen molar-refractivity contribution in [3.05, 3.63) is 49.6 Å². The summed E-state index contributed by atoms with van der Waals surface area (Å²) in [5, 5.41) is 2.87. The van der Waals surface area contributed by atoms with Crippen LogP contribution in [-0.2, 0) is 11.3 Å². The van der Waals surface area contributed by atoms with Gasteiger partial charge in [-0.2, -0.15) is 0 Å². The molecule has 5 heteroatoms. The lowest BCUT2D eigenvalue weighted by Crippen LogP contribution is -2.27. The van der Waals surface area contributed by atoms with Crippen molar-refractivity contribution in [2.45, 2.75) is 25.0 Å². The third kappa shape index (κ3) is 2.02. The van der Waals surface area contributed by atoms with Crippen molar-refractivity contribution in [1.82, 2.24) is 0 Å². The van der Waals surface area contributed by atoms with Crippen LogP contribution >= 0.6 is 38.9 Å². The smallest absolute Gasteiger partial charge is 0.0933 e. The van der Waals surface area contributed by atoms with Crippen molar-refractivity contribution in [2.75, 3.05) is 5.06 Å². The second kappa shape index (κ2) is 4.48. The molecule has 2 aliphatic rings. The Labute approximate surface area is 129 Å². The molecular weight excluding hydrogens is 346 g/mol. The van der Waals surface area contributed by atoms with Gasteiger partial charge in [-0.05, 0) is 51.8 Å². The van der Waals surface area contributed by atoms with Gasteiger partial charge in [-0.3, -0.25) is 4.84 Å². The van der Waals surface area contributed by atoms with E-state index in [1.165, 1.54) is 14.2 Å². The standard InChI is InChI=1S/C14H11BrClNOS/c15-14-4-3-13(19-14)12-7-10-6-8-5-9(16)1-2-11(8)17(12)18-10/h1-5,10,12H,6-7H2/t10-,12+/m1/s1. The van der Waals surface area contributed by atoms with Crippen molar-refractivity contribution in [1.29, 1.82) is 0 Å². The Balaban J connectivity index is 1.77. The van der Waals surface area contributed by atoms with E-state index in [2.05, 4.69) is 45.3 Å². The molecule has 0 saturated carbocycles. The highest BCUT2D eigenvalue weighted by Crippen LogP contribution is 2.47. The second-order valence-corrected chi connectivity index (χ2v) is 7.85. The summed E-state index contributed by atoms with van der Waals surface area (Å²) >= 11 is 11.4. The summed E-state index contributed by atoms with van der Waals surface area (Å²) in [6.45, 7) is 0. The maximum Gasteiger partial charge on any atom is 0.0933 e. The molecule has 1 aromatic heterocycles. The predicted molar refractivity (Wildman–Crippen MR) is 81.9 cm³/mol. The highest BCUT2D eigenvalue weighted by Gasteiger charge is 2.40. The van der Waals surface area contributed by atoms with Crippen molar-refractivity contribution in [3.8, 4) is 0 Å². The van der Waals surface area contributed by atoms with E-state index < -0.39 is 0 Å². The van der Waals surface area contributed by atoms with Gasteiger partial charge in [-0.25, -0.2) is 5.06 Å². The zero-order valence-corrected chi connectivity index (χ0v) is 13.1. The van der Waals surface area contributed by atoms with Gasteiger partial charge in [0.1, 0.15) is 0 Å². The third-order valence-corrected chi connectivity index (χ3v) is 5.64. The fraction of sp³-hybridized carbons (Fsp3) is 0.286. The number of halogens is 2. The van der Waals surface area contributed by atoms with Crippen LogP contribution in [0.4, 0.5) is 5.69 Å². The van der Waals surface area contributed by atoms with Gasteiger partial charge in [-0.15, -0.1) is 11.3 Å². The van der Waals surface area contributed by atoms with Gasteiger partial charge in [0, 0.05) is 22.7 Å². The van der Waals surface area contributed by atoms with Crippen LogP contribution in [0.2, 0.25) is 5.02 Å². The molecule has 0 N–H and O–H groups in total. The van der Waals surface area contributed by atoms with Crippen LogP contribution in [-0.4, -0.2) is 6.10 Å². The number of thiophene rings is 1. The summed E-state index contributed by atoms with van der Waals surface area (Å²) in [4.78, 5) is 7.37. The van der Waals surface area contributed by atoms with E-state index >= 15 is 0 Å². The van der Waals surface area contributed by atoms with Gasteiger partial charge in [0.2, 0.25) is 0 Å². The van der Waals surface area contributed by atoms with E-state index in [0.717, 1.165) is 23.6 Å². The molecule has 2 nitrogen and oxygen atoms in total. The average Bonchev–Trinajstić information content (AvgIpc) is 2.94. The highest BCUT2D eigenvalue weighted by molar-refractivity contribution is 9.11. The van der Waals surface area contributed by atoms with Gasteiger partial charge in [0.25, 0.3) is 0 Å². The van der Waals surface area contributed by atoms with Gasteiger partial charge >= 0.3 is 0 Å². The number of rotatable bonds is 1. The minimum absolute atomic E-state index is 0.275. The Morgan fingerprint density at radius 2 is 2.21 bits per heavy atom. The summed E-state index contributed by atoms with van der Waals surface area (Å²) in [7, 11) is 0. The lowest BCUT2D eigenvalue weighted by molar-refractivity contribution is 0.0736. The molecule has 0 amide bonds. The first kappa shape index (κ1) is 12.2. The fourth-order valence-electron chi connectivity index (χ4n) is 2.88. The van der Waals surface area contributed by atoms with Crippen LogP contribution in [0.3, 0.4) is 0 Å². The lowest BCUT2D eigenvalue weighted by atomic mass is 10.0. The molecule has 3 heterocycles. The van der Waals surface area contributed by atoms with Crippen molar-refractivity contribution in [3.63, 3.8) is 0 Å². The van der Waals surface area contributed by atoms with Crippen molar-refractivity contribution >= 4 is 44.6 Å². The van der Waals surface area contributed by atoms with E-state index in [0.29, 0.717) is 6.04 Å². The summed E-state index contributed by atoms with van der Waals surface area (Å²) < 4.78 is 1.17. The Bertz CT molecular complexity index is 644. The first-order valence-electron chi connectivity index (χ1n) is 6.20. The Morgan fingerprint density at radius 3 is 3.00 bits per heavy atom. The highest BCUT2D eigenvalue weighted by atomic mass is 79.9. The van der Waals surface area contributed by atoms with Crippen LogP contribution in [0.1, 0.15) is 22.9 Å². The zero-order valence-electron chi connectivity index (χ0n) is 9.98. The number of fused-ring (bicyclic) bond motifs is 4. The number of hydrogen-bond donors (Lipinski definition) is 0. The molecular formula is C14H11BrClNOS. The summed E-state index contributed by atoms with van der Waals surface area (Å²) in [6, 6.07) is 10.7. The Hall–Kier alpha value is -0.550. The quantitative estimate of drug-likeness (QED) is 0.715. The van der Waals surface area contributed by atoms with Gasteiger partial charge in [-0.1, -0.05) is 11.6 Å². The number of anilines is 1. The van der Waals surface area contributed by atoms with E-state index in [1.54, 1.807) is 11.3 Å². The molecule has 1 fully saturated rings. The normalized spacial score (nSPS) is 24.6. The van der Waals surface area contributed by atoms with Gasteiger partial charge in [0.05, 0.1) is 21.6 Å². The largest absolute Gasteiger partial charge is 0.269 e. The lowest BCUT2D eigenvalue weighted by Gasteiger charge is -2.29. The van der Waals surface area contributed by atoms with E-state index in [4.69, 9.17) is 16.4 Å². The van der Waals surface area contributed by atoms with Crippen LogP contribution in [0.5, 0.6) is 0 Å². The molecule has 2 aromatic rings. The molecule has 1 saturated heterocycles. The average molecular weight is 357 g/mol. The molecule has 0 aliphatic carbocycles. The molecule has 0 unspecified atom stereocenters. The van der Waals surface area contributed by atoms with Crippen LogP contribution in [0.15, 0.2) is 34.1 Å². The molecule has 0 radical (unpaired) electrons. The minimum atomic E-state index is 0.275. The molecule has 2 atom stereocenters. The second-order valence-electron chi connectivity index (χ2n) is 4.92. The van der Waals surface area contributed by atoms with Crippen molar-refractivity contribution in [2.24, 2.45) is 0 Å². The maximum atomic E-state index is 6.09. The molecule has 2 bridgehead atoms. The van der Waals surface area contributed by atoms with Crippen LogP contribution in [0, 0.1) is 0 Å². The van der Waals surface area contributed by atoms with Crippen molar-refractivity contribution < 1.29 is 4.84 Å². The maximum absolute atomic E-state index is 6.09. The van der Waals surface area contributed by atoms with Gasteiger partial charge < -0.3 is 0 Å². The minimum Gasteiger partial charge on any atom is -0.269 e. The topological polar surface area (TPSA) is 12.5 Å². The molecule has 0 spiro atoms. The predicted octanol–water partition coefficient (Wildman–Crippen LogP) is 4.97. The monoisotopic (exact) mass is 355 g/mol. The number of nitrogens with zero attached hydrogens (tertiary/aromatic N) is 1. The Kier molecular flexibility index (Phi) is 2.88. The summed E-state index contributed by atoms with van der Waals surface area (Å²) in [6.07, 6.45) is 2.27. The van der Waals surface area contributed by atoms with E-state index in [1.807, 2.05) is 6.07 Å².